The van der Waals surface area contributed by atoms with Crippen molar-refractivity contribution in [3.8, 4) is 0 Å². The molecule has 0 radical (unpaired) electrons. The summed E-state index contributed by atoms with van der Waals surface area (Å²) >= 11 is 0. The molecule has 7 nitrogen and oxygen atoms in total. The Balaban J connectivity index is 2.36. The van der Waals surface area contributed by atoms with E-state index in [9.17, 15) is 0 Å². The predicted molar refractivity (Wildman–Crippen MR) is 64.7 cm³/mol. The first-order valence-electron chi connectivity index (χ1n) is 5.48. The van der Waals surface area contributed by atoms with Crippen molar-refractivity contribution in [1.29, 1.82) is 0 Å². The number of rotatable bonds is 5. The number of hydrogen-bond donors (Lipinski definition) is 3. The van der Waals surface area contributed by atoms with Gasteiger partial charge in [0.1, 0.15) is 5.52 Å². The van der Waals surface area contributed by atoms with Gasteiger partial charge in [-0.25, -0.2) is 9.97 Å². The number of fused-ring (bicyclic) bond motifs is 1. The third-order valence-electron chi connectivity index (χ3n) is 2.55. The third-order valence-corrected chi connectivity index (χ3v) is 2.55. The number of nitrogens with one attached hydrogen (secondary N) is 2. The second kappa shape index (κ2) is 5.07. The van der Waals surface area contributed by atoms with Gasteiger partial charge in [-0.15, -0.1) is 0 Å². The van der Waals surface area contributed by atoms with Crippen LogP contribution in [0.3, 0.4) is 0 Å². The monoisotopic (exact) mass is 236 g/mol. The fourth-order valence-electron chi connectivity index (χ4n) is 1.50. The number of aromatic nitrogens is 4. The van der Waals surface area contributed by atoms with Gasteiger partial charge in [-0.05, 0) is 14.0 Å². The molecule has 2 rings (SSSR count). The van der Waals surface area contributed by atoms with Crippen LogP contribution in [0.4, 0.5) is 5.95 Å². The van der Waals surface area contributed by atoms with Crippen LogP contribution in [0.25, 0.3) is 11.2 Å². The molecule has 0 saturated heterocycles. The molecule has 7 heteroatoms. The molecule has 2 aromatic rings. The van der Waals surface area contributed by atoms with Crippen LogP contribution in [-0.4, -0.2) is 44.8 Å². The summed E-state index contributed by atoms with van der Waals surface area (Å²) in [5, 5.41) is 14.8. The summed E-state index contributed by atoms with van der Waals surface area (Å²) in [6.45, 7) is 2.50. The fraction of sp³-hybridized carbons (Fsp3) is 0.500. The van der Waals surface area contributed by atoms with Gasteiger partial charge in [-0.2, -0.15) is 4.98 Å². The molecule has 0 amide bonds. The van der Waals surface area contributed by atoms with Gasteiger partial charge in [0.25, 0.3) is 0 Å². The van der Waals surface area contributed by atoms with Crippen LogP contribution in [0.2, 0.25) is 0 Å². The van der Waals surface area contributed by atoms with Crippen LogP contribution < -0.4 is 10.6 Å². The topological polar surface area (TPSA) is 87.9 Å². The Morgan fingerprint density at radius 3 is 3.00 bits per heavy atom. The molecule has 2 heterocycles. The lowest BCUT2D eigenvalue weighted by Crippen LogP contribution is -2.19. The zero-order chi connectivity index (χ0) is 12.3. The third kappa shape index (κ3) is 2.34. The molecular weight excluding hydrogens is 220 g/mol. The van der Waals surface area contributed by atoms with Gasteiger partial charge < -0.3 is 15.7 Å². The van der Waals surface area contributed by atoms with Crippen molar-refractivity contribution in [2.24, 2.45) is 0 Å². The van der Waals surface area contributed by atoms with E-state index in [-0.39, 0.29) is 12.8 Å². The molecule has 0 aliphatic rings. The summed E-state index contributed by atoms with van der Waals surface area (Å²) in [6, 6.07) is 0. The highest BCUT2D eigenvalue weighted by molar-refractivity contribution is 5.71. The molecule has 0 aliphatic carbocycles. The number of aliphatic hydroxyl groups is 1. The fourth-order valence-corrected chi connectivity index (χ4v) is 1.50. The number of aliphatic hydroxyl groups excluding tert-OH is 1. The maximum absolute atomic E-state index is 8.74. The van der Waals surface area contributed by atoms with Crippen molar-refractivity contribution >= 4 is 17.1 Å². The highest BCUT2D eigenvalue weighted by Gasteiger charge is 2.09. The lowest BCUT2D eigenvalue weighted by atomic mass is 10.5. The molecule has 0 saturated carbocycles. The Morgan fingerprint density at radius 1 is 1.47 bits per heavy atom. The average Bonchev–Trinajstić information content (AvgIpc) is 2.78. The van der Waals surface area contributed by atoms with Crippen LogP contribution in [0.1, 0.15) is 13.1 Å². The van der Waals surface area contributed by atoms with Crippen molar-refractivity contribution in [3.63, 3.8) is 0 Å². The van der Waals surface area contributed by atoms with Crippen molar-refractivity contribution in [1.82, 2.24) is 24.8 Å². The van der Waals surface area contributed by atoms with Gasteiger partial charge in [0.15, 0.2) is 5.65 Å². The summed E-state index contributed by atoms with van der Waals surface area (Å²) in [5.74, 6) is 0.497. The molecule has 0 bridgehead atoms. The minimum Gasteiger partial charge on any atom is -0.395 e. The van der Waals surface area contributed by atoms with E-state index < -0.39 is 0 Å². The number of hydrogen-bond acceptors (Lipinski definition) is 6. The largest absolute Gasteiger partial charge is 0.395 e. The second-order valence-electron chi connectivity index (χ2n) is 3.67. The summed E-state index contributed by atoms with van der Waals surface area (Å²) in [6.07, 6.45) is 3.51. The quantitative estimate of drug-likeness (QED) is 0.675. The minimum atomic E-state index is 0.0492. The zero-order valence-electron chi connectivity index (χ0n) is 9.88. The van der Waals surface area contributed by atoms with Gasteiger partial charge in [-0.3, -0.25) is 4.57 Å². The first-order chi connectivity index (χ1) is 8.26. The SMILES string of the molecule is CNC(C)n1cnc2cnc(NCCO)nc21. The van der Waals surface area contributed by atoms with Crippen molar-refractivity contribution in [3.05, 3.63) is 12.5 Å². The van der Waals surface area contributed by atoms with Crippen LogP contribution in [0.15, 0.2) is 12.5 Å². The van der Waals surface area contributed by atoms with Gasteiger partial charge in [0.2, 0.25) is 5.95 Å². The van der Waals surface area contributed by atoms with Gasteiger partial charge >= 0.3 is 0 Å². The molecule has 0 aromatic carbocycles. The lowest BCUT2D eigenvalue weighted by molar-refractivity contribution is 0.311. The molecule has 3 N–H and O–H groups in total. The Labute approximate surface area is 98.9 Å². The molecule has 0 spiro atoms. The number of imidazole rings is 1. The summed E-state index contributed by atoms with van der Waals surface area (Å²) < 4.78 is 1.93. The minimum absolute atomic E-state index is 0.0492. The van der Waals surface area contributed by atoms with Crippen molar-refractivity contribution < 1.29 is 5.11 Å². The maximum atomic E-state index is 8.74. The molecule has 0 aliphatic heterocycles. The highest BCUT2D eigenvalue weighted by atomic mass is 16.3. The van der Waals surface area contributed by atoms with Gasteiger partial charge in [0, 0.05) is 6.54 Å². The standard InChI is InChI=1S/C10H16N6O/c1-7(11-2)16-6-14-8-5-13-10(12-3-4-17)15-9(8)16/h5-7,11,17H,3-4H2,1-2H3,(H,12,13,15). The molecule has 2 aromatic heterocycles. The molecular formula is C10H16N6O. The Bertz CT molecular complexity index is 497. The van der Waals surface area contributed by atoms with Gasteiger partial charge in [-0.1, -0.05) is 0 Å². The van der Waals surface area contributed by atoms with Crippen LogP contribution in [-0.2, 0) is 0 Å². The van der Waals surface area contributed by atoms with Gasteiger partial charge in [0.05, 0.1) is 25.3 Å². The highest BCUT2D eigenvalue weighted by Crippen LogP contribution is 2.14. The first-order valence-corrected chi connectivity index (χ1v) is 5.48. The summed E-state index contributed by atoms with van der Waals surface area (Å²) in [7, 11) is 1.88. The van der Waals surface area contributed by atoms with E-state index in [1.165, 1.54) is 0 Å². The van der Waals surface area contributed by atoms with E-state index >= 15 is 0 Å². The molecule has 1 unspecified atom stereocenters. The maximum Gasteiger partial charge on any atom is 0.224 e. The molecule has 17 heavy (non-hydrogen) atoms. The predicted octanol–water partition coefficient (Wildman–Crippen LogP) is -0.0316. The summed E-state index contributed by atoms with van der Waals surface area (Å²) in [5.41, 5.74) is 1.52. The number of anilines is 1. The molecule has 92 valence electrons. The Kier molecular flexibility index (Phi) is 3.50. The Morgan fingerprint density at radius 2 is 2.29 bits per heavy atom. The van der Waals surface area contributed by atoms with E-state index in [0.717, 1.165) is 11.2 Å². The van der Waals surface area contributed by atoms with E-state index in [0.29, 0.717) is 12.5 Å². The summed E-state index contributed by atoms with van der Waals surface area (Å²) in [4.78, 5) is 12.7. The average molecular weight is 236 g/mol. The van der Waals surface area contributed by atoms with E-state index in [1.54, 1.807) is 12.5 Å². The van der Waals surface area contributed by atoms with E-state index in [2.05, 4.69) is 25.6 Å². The zero-order valence-corrected chi connectivity index (χ0v) is 9.88. The molecule has 1 atom stereocenters. The van der Waals surface area contributed by atoms with E-state index in [1.807, 2.05) is 18.5 Å². The van der Waals surface area contributed by atoms with Crippen LogP contribution in [0, 0.1) is 0 Å². The van der Waals surface area contributed by atoms with Crippen molar-refractivity contribution in [2.75, 3.05) is 25.5 Å². The second-order valence-corrected chi connectivity index (χ2v) is 3.67. The smallest absolute Gasteiger partial charge is 0.224 e. The molecule has 0 fully saturated rings. The number of nitrogens with zero attached hydrogens (tertiary/aromatic N) is 4. The lowest BCUT2D eigenvalue weighted by Gasteiger charge is -2.12. The van der Waals surface area contributed by atoms with E-state index in [4.69, 9.17) is 5.11 Å². The van der Waals surface area contributed by atoms with Crippen molar-refractivity contribution in [2.45, 2.75) is 13.1 Å². The first kappa shape index (κ1) is 11.7. The van der Waals surface area contributed by atoms with Crippen LogP contribution in [0.5, 0.6) is 0 Å². The van der Waals surface area contributed by atoms with Crippen LogP contribution >= 0.6 is 0 Å². The normalized spacial score (nSPS) is 12.9. The Hall–Kier alpha value is -1.73.